The molecule has 0 saturated carbocycles. The summed E-state index contributed by atoms with van der Waals surface area (Å²) in [5, 5.41) is 32.4. The molecule has 170 valence electrons. The van der Waals surface area contributed by atoms with Crippen LogP contribution < -0.4 is 0 Å². The van der Waals surface area contributed by atoms with Gasteiger partial charge in [0, 0.05) is 6.08 Å². The van der Waals surface area contributed by atoms with E-state index < -0.39 is 12.1 Å². The number of rotatable bonds is 16. The van der Waals surface area contributed by atoms with Gasteiger partial charge in [-0.2, -0.15) is 0 Å². The van der Waals surface area contributed by atoms with Crippen LogP contribution in [-0.4, -0.2) is 45.7 Å². The number of aliphatic carboxylic acids is 1. The highest BCUT2D eigenvalue weighted by atomic mass is 16.4. The summed E-state index contributed by atoms with van der Waals surface area (Å²) in [7, 11) is 0. The lowest BCUT2D eigenvalue weighted by atomic mass is 10.1. The monoisotopic (exact) mass is 420 g/mol. The number of carboxylic acid groups (broad SMARTS) is 1. The van der Waals surface area contributed by atoms with Gasteiger partial charge in [0.2, 0.25) is 0 Å². The van der Waals surface area contributed by atoms with E-state index in [0.717, 1.165) is 12.5 Å². The van der Waals surface area contributed by atoms with Crippen molar-refractivity contribution < 1.29 is 25.2 Å². The van der Waals surface area contributed by atoms with Gasteiger partial charge in [-0.3, -0.25) is 0 Å². The summed E-state index contributed by atoms with van der Waals surface area (Å²) >= 11 is 0. The molecular weight excluding hydrogens is 380 g/mol. The molecular formula is C25H40O5. The Morgan fingerprint density at radius 3 is 1.57 bits per heavy atom. The largest absolute Gasteiger partial charge is 0.478 e. The van der Waals surface area contributed by atoms with E-state index in [2.05, 4.69) is 19.1 Å². The van der Waals surface area contributed by atoms with Crippen LogP contribution in [0.4, 0.5) is 0 Å². The molecule has 30 heavy (non-hydrogen) atoms. The maximum atomic E-state index is 10.2. The van der Waals surface area contributed by atoms with E-state index >= 15 is 0 Å². The number of allylic oxidation sites excluding steroid dienone is 11. The Morgan fingerprint density at radius 1 is 0.700 bits per heavy atom. The first-order chi connectivity index (χ1) is 14.6. The van der Waals surface area contributed by atoms with E-state index in [1.165, 1.54) is 51.0 Å². The van der Waals surface area contributed by atoms with Crippen molar-refractivity contribution in [1.29, 1.82) is 0 Å². The number of aliphatic hydroxyl groups is 3. The summed E-state index contributed by atoms with van der Waals surface area (Å²) in [6, 6.07) is 0. The molecule has 0 fully saturated rings. The van der Waals surface area contributed by atoms with Crippen molar-refractivity contribution in [3.05, 3.63) is 72.9 Å². The van der Waals surface area contributed by atoms with Crippen LogP contribution in [0.5, 0.6) is 0 Å². The van der Waals surface area contributed by atoms with Crippen LogP contribution in [0.2, 0.25) is 0 Å². The van der Waals surface area contributed by atoms with Crippen molar-refractivity contribution in [2.75, 3.05) is 13.2 Å². The fraction of sp³-hybridized carbons (Fsp3) is 0.480. The molecule has 0 spiro atoms. The van der Waals surface area contributed by atoms with Gasteiger partial charge >= 0.3 is 5.97 Å². The summed E-state index contributed by atoms with van der Waals surface area (Å²) in [6.07, 6.45) is 31.8. The lowest BCUT2D eigenvalue weighted by Crippen LogP contribution is -2.15. The molecule has 4 N–H and O–H groups in total. The summed E-state index contributed by atoms with van der Waals surface area (Å²) in [5.41, 5.74) is 0. The van der Waals surface area contributed by atoms with Gasteiger partial charge in [0.05, 0.1) is 13.2 Å². The Hall–Kier alpha value is -2.21. The molecule has 0 radical (unpaired) electrons. The third kappa shape index (κ3) is 30.5. The number of unbranched alkanes of at least 4 members (excludes halogenated alkanes) is 7. The molecule has 0 aliphatic heterocycles. The molecule has 5 nitrogen and oxygen atoms in total. The first-order valence-electron chi connectivity index (χ1n) is 10.7. The standard InChI is InChI=1S/C22H32O2.C3H8O3/c1-2-3-4-5-6-7-8-9-10-11-12-13-14-15-16-17-18-19-20-21-22(23)24;4-1-3(6)2-5/h10-21H,2-9H2,1H3,(H,23,24);3-6H,1-2H2. The molecule has 0 rings (SSSR count). The van der Waals surface area contributed by atoms with Crippen LogP contribution in [-0.2, 0) is 4.79 Å². The molecule has 0 aromatic carbocycles. The van der Waals surface area contributed by atoms with Crippen molar-refractivity contribution >= 4 is 5.97 Å². The van der Waals surface area contributed by atoms with E-state index in [-0.39, 0.29) is 13.2 Å². The molecule has 0 amide bonds. The van der Waals surface area contributed by atoms with Gasteiger partial charge in [-0.05, 0) is 12.8 Å². The molecule has 0 bridgehead atoms. The minimum absolute atomic E-state index is 0.365. The van der Waals surface area contributed by atoms with Crippen LogP contribution in [0.3, 0.4) is 0 Å². The number of hydrogen-bond donors (Lipinski definition) is 4. The molecule has 5 heteroatoms. The average Bonchev–Trinajstić information content (AvgIpc) is 2.75. The first-order valence-corrected chi connectivity index (χ1v) is 10.7. The van der Waals surface area contributed by atoms with Crippen LogP contribution in [0.15, 0.2) is 72.9 Å². The quantitative estimate of drug-likeness (QED) is 0.162. The minimum Gasteiger partial charge on any atom is -0.478 e. The lowest BCUT2D eigenvalue weighted by molar-refractivity contribution is -0.131. The van der Waals surface area contributed by atoms with E-state index in [0.29, 0.717) is 0 Å². The van der Waals surface area contributed by atoms with Gasteiger partial charge in [-0.1, -0.05) is 112 Å². The number of hydrogen-bond acceptors (Lipinski definition) is 4. The normalized spacial score (nSPS) is 12.4. The third-order valence-corrected chi connectivity index (χ3v) is 3.77. The summed E-state index contributed by atoms with van der Waals surface area (Å²) < 4.78 is 0. The highest BCUT2D eigenvalue weighted by Crippen LogP contribution is 2.08. The molecule has 0 aromatic rings. The Morgan fingerprint density at radius 2 is 1.13 bits per heavy atom. The summed E-state index contributed by atoms with van der Waals surface area (Å²) in [5.74, 6) is -0.936. The van der Waals surface area contributed by atoms with Crippen LogP contribution in [0.25, 0.3) is 0 Å². The van der Waals surface area contributed by atoms with E-state index in [1.54, 1.807) is 12.2 Å². The van der Waals surface area contributed by atoms with Gasteiger partial charge in [-0.15, -0.1) is 0 Å². The molecule has 0 unspecified atom stereocenters. The van der Waals surface area contributed by atoms with Gasteiger partial charge in [-0.25, -0.2) is 4.79 Å². The molecule has 0 aliphatic rings. The Bertz CT molecular complexity index is 538. The van der Waals surface area contributed by atoms with Gasteiger partial charge in [0.1, 0.15) is 6.10 Å². The zero-order valence-electron chi connectivity index (χ0n) is 18.3. The second-order valence-electron chi connectivity index (χ2n) is 6.59. The number of carbonyl (C=O) groups is 1. The SMILES string of the molecule is CCCCCCCCCC=CC=CC=CC=CC=CC=CC(=O)O.OCC(O)CO. The van der Waals surface area contributed by atoms with E-state index in [9.17, 15) is 4.79 Å². The van der Waals surface area contributed by atoms with Crippen molar-refractivity contribution in [2.45, 2.75) is 64.4 Å². The lowest BCUT2D eigenvalue weighted by Gasteiger charge is -1.98. The fourth-order valence-corrected chi connectivity index (χ4v) is 2.10. The molecule has 0 heterocycles. The van der Waals surface area contributed by atoms with Crippen LogP contribution in [0.1, 0.15) is 58.3 Å². The predicted molar refractivity (Wildman–Crippen MR) is 125 cm³/mol. The Kier molecular flexibility index (Phi) is 26.8. The van der Waals surface area contributed by atoms with Crippen LogP contribution >= 0.6 is 0 Å². The first kappa shape index (κ1) is 30.0. The zero-order valence-corrected chi connectivity index (χ0v) is 18.3. The predicted octanol–water partition coefficient (Wildman–Crippen LogP) is 4.88. The van der Waals surface area contributed by atoms with Crippen molar-refractivity contribution in [1.82, 2.24) is 0 Å². The minimum atomic E-state index is -0.954. The third-order valence-electron chi connectivity index (χ3n) is 3.77. The topological polar surface area (TPSA) is 98.0 Å². The summed E-state index contributed by atoms with van der Waals surface area (Å²) in [6.45, 7) is 1.52. The second kappa shape index (κ2) is 26.8. The van der Waals surface area contributed by atoms with Gasteiger partial charge < -0.3 is 20.4 Å². The maximum absolute atomic E-state index is 10.2. The zero-order chi connectivity index (χ0) is 22.7. The summed E-state index contributed by atoms with van der Waals surface area (Å²) in [4.78, 5) is 10.2. The second-order valence-corrected chi connectivity index (χ2v) is 6.59. The smallest absolute Gasteiger partial charge is 0.328 e. The number of aliphatic hydroxyl groups excluding tert-OH is 3. The Balaban J connectivity index is 0. The fourth-order valence-electron chi connectivity index (χ4n) is 2.10. The average molecular weight is 421 g/mol. The van der Waals surface area contributed by atoms with E-state index in [4.69, 9.17) is 20.4 Å². The molecule has 0 atom stereocenters. The highest BCUT2D eigenvalue weighted by Gasteiger charge is 1.93. The van der Waals surface area contributed by atoms with Crippen LogP contribution in [0, 0.1) is 0 Å². The Labute approximate surface area is 182 Å². The van der Waals surface area contributed by atoms with E-state index in [1.807, 2.05) is 36.5 Å². The highest BCUT2D eigenvalue weighted by molar-refractivity contribution is 5.80. The van der Waals surface area contributed by atoms with Gasteiger partial charge in [0.25, 0.3) is 0 Å². The number of carboxylic acids is 1. The molecule has 0 aromatic heterocycles. The van der Waals surface area contributed by atoms with Crippen molar-refractivity contribution in [3.8, 4) is 0 Å². The molecule has 0 aliphatic carbocycles. The molecule has 0 saturated heterocycles. The van der Waals surface area contributed by atoms with Crippen molar-refractivity contribution in [3.63, 3.8) is 0 Å². The maximum Gasteiger partial charge on any atom is 0.328 e. The van der Waals surface area contributed by atoms with Gasteiger partial charge in [0.15, 0.2) is 0 Å². The van der Waals surface area contributed by atoms with Crippen molar-refractivity contribution in [2.24, 2.45) is 0 Å².